The molecule has 0 saturated carbocycles. The van der Waals surface area contributed by atoms with Crippen LogP contribution in [0.1, 0.15) is 20.7 Å². The van der Waals surface area contributed by atoms with Crippen LogP contribution < -0.4 is 15.6 Å². The summed E-state index contributed by atoms with van der Waals surface area (Å²) >= 11 is 6.39. The molecule has 0 unspecified atom stereocenters. The summed E-state index contributed by atoms with van der Waals surface area (Å²) in [5.41, 5.74) is -0.204. The second-order valence-electron chi connectivity index (χ2n) is 6.92. The van der Waals surface area contributed by atoms with Crippen LogP contribution in [0.3, 0.4) is 0 Å². The highest BCUT2D eigenvalue weighted by atomic mass is 35.5. The van der Waals surface area contributed by atoms with Crippen LogP contribution in [-0.2, 0) is 7.05 Å². The predicted octanol–water partition coefficient (Wildman–Crippen LogP) is 4.80. The number of nitrogens with one attached hydrogen (secondary N) is 1. The van der Waals surface area contributed by atoms with Gasteiger partial charge in [0.1, 0.15) is 11.4 Å². The van der Waals surface area contributed by atoms with E-state index in [0.717, 1.165) is 0 Å². The summed E-state index contributed by atoms with van der Waals surface area (Å²) in [6.07, 6.45) is 0. The fraction of sp³-hybridized carbons (Fsp3) is 0.0417. The summed E-state index contributed by atoms with van der Waals surface area (Å²) in [7, 11) is 1.48. The maximum Gasteiger partial charge on any atom is 0.343 e. The Morgan fingerprint density at radius 1 is 0.969 bits per heavy atom. The molecule has 1 aromatic heterocycles. The number of aromatic nitrogens is 1. The number of carbonyl (C=O) groups excluding carboxylic acids is 2. The first-order chi connectivity index (χ1) is 15.4. The largest absolute Gasteiger partial charge is 0.421 e. The van der Waals surface area contributed by atoms with E-state index in [-0.39, 0.29) is 27.4 Å². The molecule has 0 bridgehead atoms. The van der Waals surface area contributed by atoms with Gasteiger partial charge in [-0.15, -0.1) is 0 Å². The molecular weight excluding hydrogens is 435 g/mol. The molecule has 0 fully saturated rings. The minimum Gasteiger partial charge on any atom is -0.421 e. The van der Waals surface area contributed by atoms with Crippen LogP contribution in [-0.4, -0.2) is 16.4 Å². The maximum absolute atomic E-state index is 13.2. The number of benzene rings is 3. The van der Waals surface area contributed by atoms with E-state index >= 15 is 0 Å². The van der Waals surface area contributed by atoms with Gasteiger partial charge in [0.15, 0.2) is 5.75 Å². The second kappa shape index (κ2) is 8.64. The molecule has 0 saturated heterocycles. The van der Waals surface area contributed by atoms with Crippen molar-refractivity contribution in [1.29, 1.82) is 0 Å². The second-order valence-corrected chi connectivity index (χ2v) is 7.33. The number of hydrogen-bond donors (Lipinski definition) is 1. The van der Waals surface area contributed by atoms with Crippen LogP contribution in [0.2, 0.25) is 5.02 Å². The minimum atomic E-state index is -0.824. The third kappa shape index (κ3) is 3.98. The number of fused-ring (bicyclic) bond motifs is 1. The molecule has 0 aliphatic rings. The van der Waals surface area contributed by atoms with Crippen molar-refractivity contribution in [3.63, 3.8) is 0 Å². The van der Waals surface area contributed by atoms with Crippen LogP contribution in [0.4, 0.5) is 10.1 Å². The molecule has 0 aliphatic carbocycles. The van der Waals surface area contributed by atoms with Gasteiger partial charge in [0.05, 0.1) is 21.5 Å². The predicted molar refractivity (Wildman–Crippen MR) is 120 cm³/mol. The standard InChI is InChI=1S/C24H16ClFN2O4/c1-28-18-9-5-8-17(25)19(18)21(32-24(31)14-6-3-2-4-7-14)20(23(28)30)22(29)27-16-12-10-15(26)11-13-16/h2-13H,1H3,(H,27,29). The van der Waals surface area contributed by atoms with Gasteiger partial charge in [0.25, 0.3) is 11.5 Å². The van der Waals surface area contributed by atoms with Gasteiger partial charge >= 0.3 is 5.97 Å². The van der Waals surface area contributed by atoms with Gasteiger partial charge in [-0.3, -0.25) is 9.59 Å². The number of nitrogens with zero attached hydrogens (tertiary/aromatic N) is 1. The molecule has 0 spiro atoms. The van der Waals surface area contributed by atoms with Gasteiger partial charge in [-0.1, -0.05) is 35.9 Å². The van der Waals surface area contributed by atoms with Crippen LogP contribution >= 0.6 is 11.6 Å². The molecule has 6 nitrogen and oxygen atoms in total. The number of ether oxygens (including phenoxy) is 1. The van der Waals surface area contributed by atoms with Gasteiger partial charge in [-0.25, -0.2) is 9.18 Å². The number of carbonyl (C=O) groups is 2. The number of hydrogen-bond acceptors (Lipinski definition) is 4. The van der Waals surface area contributed by atoms with Gasteiger partial charge in [-0.05, 0) is 48.5 Å². The summed E-state index contributed by atoms with van der Waals surface area (Å²) in [6.45, 7) is 0. The molecule has 8 heteroatoms. The lowest BCUT2D eigenvalue weighted by molar-refractivity contribution is 0.0735. The van der Waals surface area contributed by atoms with Crippen LogP contribution in [0, 0.1) is 5.82 Å². The van der Waals surface area contributed by atoms with Crippen molar-refractivity contribution in [2.75, 3.05) is 5.32 Å². The highest BCUT2D eigenvalue weighted by molar-refractivity contribution is 6.36. The SMILES string of the molecule is Cn1c(=O)c(C(=O)Nc2ccc(F)cc2)c(OC(=O)c2ccccc2)c2c(Cl)cccc21. The molecule has 4 aromatic rings. The number of halogens is 2. The van der Waals surface area contributed by atoms with Gasteiger partial charge in [0, 0.05) is 12.7 Å². The molecule has 1 amide bonds. The number of amides is 1. The quantitative estimate of drug-likeness (QED) is 0.453. The zero-order valence-electron chi connectivity index (χ0n) is 16.8. The molecule has 0 radical (unpaired) electrons. The van der Waals surface area contributed by atoms with Gasteiger partial charge < -0.3 is 14.6 Å². The van der Waals surface area contributed by atoms with E-state index in [9.17, 15) is 18.8 Å². The molecule has 0 aliphatic heterocycles. The van der Waals surface area contributed by atoms with E-state index in [0.29, 0.717) is 5.52 Å². The van der Waals surface area contributed by atoms with Crippen LogP contribution in [0.25, 0.3) is 10.9 Å². The van der Waals surface area contributed by atoms with E-state index < -0.39 is 28.8 Å². The normalized spacial score (nSPS) is 10.7. The molecule has 1 N–H and O–H groups in total. The summed E-state index contributed by atoms with van der Waals surface area (Å²) in [6, 6.07) is 18.0. The summed E-state index contributed by atoms with van der Waals surface area (Å²) < 4.78 is 20.0. The average Bonchev–Trinajstić information content (AvgIpc) is 2.79. The lowest BCUT2D eigenvalue weighted by Crippen LogP contribution is -2.30. The molecule has 3 aromatic carbocycles. The van der Waals surface area contributed by atoms with Crippen molar-refractivity contribution in [2.45, 2.75) is 0 Å². The Hall–Kier alpha value is -3.97. The molecule has 32 heavy (non-hydrogen) atoms. The Morgan fingerprint density at radius 2 is 1.66 bits per heavy atom. The fourth-order valence-corrected chi connectivity index (χ4v) is 3.53. The number of pyridine rings is 1. The van der Waals surface area contributed by atoms with E-state index in [1.807, 2.05) is 0 Å². The van der Waals surface area contributed by atoms with E-state index in [1.165, 1.54) is 35.9 Å². The molecular formula is C24H16ClFN2O4. The Bertz CT molecular complexity index is 1400. The van der Waals surface area contributed by atoms with Crippen LogP contribution in [0.5, 0.6) is 5.75 Å². The van der Waals surface area contributed by atoms with Crippen molar-refractivity contribution < 1.29 is 18.7 Å². The number of rotatable bonds is 4. The topological polar surface area (TPSA) is 77.4 Å². The number of anilines is 1. The Labute approximate surface area is 186 Å². The summed E-state index contributed by atoms with van der Waals surface area (Å²) in [5.74, 6) is -2.30. The van der Waals surface area contributed by atoms with Crippen molar-refractivity contribution in [3.8, 4) is 5.75 Å². The zero-order chi connectivity index (χ0) is 22.8. The van der Waals surface area contributed by atoms with E-state index in [1.54, 1.807) is 48.5 Å². The lowest BCUT2D eigenvalue weighted by Gasteiger charge is -2.16. The smallest absolute Gasteiger partial charge is 0.343 e. The Balaban J connectivity index is 1.89. The van der Waals surface area contributed by atoms with E-state index in [4.69, 9.17) is 16.3 Å². The molecule has 160 valence electrons. The zero-order valence-corrected chi connectivity index (χ0v) is 17.5. The van der Waals surface area contributed by atoms with Gasteiger partial charge in [0.2, 0.25) is 0 Å². The Morgan fingerprint density at radius 3 is 2.34 bits per heavy atom. The third-order valence-corrected chi connectivity index (χ3v) is 5.17. The first-order valence-corrected chi connectivity index (χ1v) is 9.90. The fourth-order valence-electron chi connectivity index (χ4n) is 3.27. The van der Waals surface area contributed by atoms with Crippen molar-refractivity contribution >= 4 is 40.1 Å². The summed E-state index contributed by atoms with van der Waals surface area (Å²) in [4.78, 5) is 39.0. The molecule has 1 heterocycles. The highest BCUT2D eigenvalue weighted by Gasteiger charge is 2.26. The van der Waals surface area contributed by atoms with Crippen molar-refractivity contribution in [2.24, 2.45) is 7.05 Å². The average molecular weight is 451 g/mol. The van der Waals surface area contributed by atoms with E-state index in [2.05, 4.69) is 5.32 Å². The maximum atomic E-state index is 13.2. The lowest BCUT2D eigenvalue weighted by atomic mass is 10.1. The Kier molecular flexibility index (Phi) is 5.75. The summed E-state index contributed by atoms with van der Waals surface area (Å²) in [5, 5.41) is 2.98. The highest BCUT2D eigenvalue weighted by Crippen LogP contribution is 2.34. The molecule has 4 rings (SSSR count). The minimum absolute atomic E-state index is 0.199. The number of aryl methyl sites for hydroxylation is 1. The monoisotopic (exact) mass is 450 g/mol. The van der Waals surface area contributed by atoms with Crippen LogP contribution in [0.15, 0.2) is 77.6 Å². The first kappa shape index (κ1) is 21.3. The molecule has 0 atom stereocenters. The van der Waals surface area contributed by atoms with Gasteiger partial charge in [-0.2, -0.15) is 0 Å². The van der Waals surface area contributed by atoms with Crippen molar-refractivity contribution in [3.05, 3.63) is 105 Å². The van der Waals surface area contributed by atoms with Crippen molar-refractivity contribution in [1.82, 2.24) is 4.57 Å². The number of esters is 1. The first-order valence-electron chi connectivity index (χ1n) is 9.52. The third-order valence-electron chi connectivity index (χ3n) is 4.86.